The molecule has 80 valence electrons. The molecular formula is C11H13FN2O. The third-order valence-corrected chi connectivity index (χ3v) is 2.74. The van der Waals surface area contributed by atoms with E-state index in [1.807, 2.05) is 0 Å². The topological polar surface area (TPSA) is 55.1 Å². The monoisotopic (exact) mass is 208 g/mol. The van der Waals surface area contributed by atoms with Gasteiger partial charge < -0.3 is 11.1 Å². The second kappa shape index (κ2) is 3.88. The van der Waals surface area contributed by atoms with E-state index in [1.165, 1.54) is 12.1 Å². The van der Waals surface area contributed by atoms with Gasteiger partial charge in [-0.1, -0.05) is 6.42 Å². The van der Waals surface area contributed by atoms with E-state index in [0.717, 1.165) is 19.3 Å². The maximum Gasteiger partial charge on any atom is 0.227 e. The van der Waals surface area contributed by atoms with Crippen LogP contribution in [0.3, 0.4) is 0 Å². The normalized spacial score (nSPS) is 15.8. The quantitative estimate of drug-likeness (QED) is 0.731. The summed E-state index contributed by atoms with van der Waals surface area (Å²) in [5.74, 6) is -0.419. The van der Waals surface area contributed by atoms with Gasteiger partial charge in [0.2, 0.25) is 5.91 Å². The molecule has 1 aromatic carbocycles. The Kier molecular flexibility index (Phi) is 2.58. The number of hydrogen-bond donors (Lipinski definition) is 2. The number of halogens is 1. The Morgan fingerprint density at radius 2 is 2.20 bits per heavy atom. The van der Waals surface area contributed by atoms with Crippen LogP contribution in [0.15, 0.2) is 18.2 Å². The van der Waals surface area contributed by atoms with Crippen LogP contribution in [0.4, 0.5) is 15.8 Å². The van der Waals surface area contributed by atoms with Crippen molar-refractivity contribution in [2.24, 2.45) is 5.92 Å². The Balaban J connectivity index is 2.03. The van der Waals surface area contributed by atoms with Gasteiger partial charge in [-0.15, -0.1) is 0 Å². The lowest BCUT2D eigenvalue weighted by molar-refractivity contribution is -0.122. The first-order valence-corrected chi connectivity index (χ1v) is 5.02. The molecule has 1 aliphatic carbocycles. The summed E-state index contributed by atoms with van der Waals surface area (Å²) in [6.45, 7) is 0. The van der Waals surface area contributed by atoms with E-state index < -0.39 is 5.82 Å². The molecule has 1 aliphatic rings. The van der Waals surface area contributed by atoms with Gasteiger partial charge in [-0.05, 0) is 31.0 Å². The summed E-state index contributed by atoms with van der Waals surface area (Å²) in [5, 5.41) is 2.68. The number of benzene rings is 1. The summed E-state index contributed by atoms with van der Waals surface area (Å²) < 4.78 is 13.1. The molecule has 3 nitrogen and oxygen atoms in total. The second-order valence-electron chi connectivity index (χ2n) is 3.85. The fourth-order valence-corrected chi connectivity index (χ4v) is 1.52. The zero-order chi connectivity index (χ0) is 10.8. The second-order valence-corrected chi connectivity index (χ2v) is 3.85. The van der Waals surface area contributed by atoms with Crippen LogP contribution in [0.2, 0.25) is 0 Å². The molecule has 0 unspecified atom stereocenters. The zero-order valence-corrected chi connectivity index (χ0v) is 8.29. The van der Waals surface area contributed by atoms with Gasteiger partial charge in [0, 0.05) is 11.6 Å². The molecule has 1 aromatic rings. The van der Waals surface area contributed by atoms with Crippen LogP contribution in [0, 0.1) is 11.7 Å². The van der Waals surface area contributed by atoms with Gasteiger partial charge in [-0.25, -0.2) is 4.39 Å². The predicted octanol–water partition coefficient (Wildman–Crippen LogP) is 2.15. The molecule has 0 aromatic heterocycles. The van der Waals surface area contributed by atoms with Crippen molar-refractivity contribution in [1.29, 1.82) is 0 Å². The number of nitrogens with one attached hydrogen (secondary N) is 1. The van der Waals surface area contributed by atoms with Gasteiger partial charge in [0.15, 0.2) is 0 Å². The first kappa shape index (κ1) is 9.96. The molecule has 1 amide bonds. The highest BCUT2D eigenvalue weighted by Gasteiger charge is 2.25. The highest BCUT2D eigenvalue weighted by molar-refractivity contribution is 5.93. The summed E-state index contributed by atoms with van der Waals surface area (Å²) in [6, 6.07) is 4.30. The van der Waals surface area contributed by atoms with Crippen molar-refractivity contribution in [1.82, 2.24) is 0 Å². The highest BCUT2D eigenvalue weighted by Crippen LogP contribution is 2.27. The van der Waals surface area contributed by atoms with Crippen LogP contribution in [0.25, 0.3) is 0 Å². The molecule has 0 radical (unpaired) electrons. The van der Waals surface area contributed by atoms with Gasteiger partial charge in [-0.2, -0.15) is 0 Å². The summed E-state index contributed by atoms with van der Waals surface area (Å²) >= 11 is 0. The van der Waals surface area contributed by atoms with Crippen molar-refractivity contribution in [3.8, 4) is 0 Å². The summed E-state index contributed by atoms with van der Waals surface area (Å²) in [4.78, 5) is 11.5. The first-order valence-electron chi connectivity index (χ1n) is 5.02. The standard InChI is InChI=1S/C11H13FN2O/c12-9-6-8(4-5-10(9)13)14-11(15)7-2-1-3-7/h4-7H,1-3,13H2,(H,14,15). The van der Waals surface area contributed by atoms with Crippen molar-refractivity contribution >= 4 is 17.3 Å². The zero-order valence-electron chi connectivity index (χ0n) is 8.29. The summed E-state index contributed by atoms with van der Waals surface area (Å²) in [5.41, 5.74) is 5.89. The van der Waals surface area contributed by atoms with Gasteiger partial charge in [0.25, 0.3) is 0 Å². The summed E-state index contributed by atoms with van der Waals surface area (Å²) in [7, 11) is 0. The number of carbonyl (C=O) groups is 1. The lowest BCUT2D eigenvalue weighted by atomic mass is 9.85. The van der Waals surface area contributed by atoms with E-state index in [9.17, 15) is 9.18 Å². The average Bonchev–Trinajstić information content (AvgIpc) is 2.08. The van der Waals surface area contributed by atoms with Crippen LogP contribution >= 0.6 is 0 Å². The molecule has 0 saturated heterocycles. The smallest absolute Gasteiger partial charge is 0.227 e. The van der Waals surface area contributed by atoms with Gasteiger partial charge in [-0.3, -0.25) is 4.79 Å². The fourth-order valence-electron chi connectivity index (χ4n) is 1.52. The van der Waals surface area contributed by atoms with Crippen LogP contribution < -0.4 is 11.1 Å². The number of amides is 1. The highest BCUT2D eigenvalue weighted by atomic mass is 19.1. The minimum atomic E-state index is -0.499. The van der Waals surface area contributed by atoms with Gasteiger partial charge in [0.1, 0.15) is 5.82 Å². The molecule has 4 heteroatoms. The number of carbonyl (C=O) groups excluding carboxylic acids is 1. The molecule has 0 spiro atoms. The van der Waals surface area contributed by atoms with Crippen molar-refractivity contribution in [3.05, 3.63) is 24.0 Å². The molecule has 1 fully saturated rings. The van der Waals surface area contributed by atoms with Crippen molar-refractivity contribution in [2.75, 3.05) is 11.1 Å². The predicted molar refractivity (Wildman–Crippen MR) is 56.8 cm³/mol. The van der Waals surface area contributed by atoms with Crippen LogP contribution in [0.5, 0.6) is 0 Å². The lowest BCUT2D eigenvalue weighted by Gasteiger charge is -2.24. The first-order chi connectivity index (χ1) is 7.16. The molecular weight excluding hydrogens is 195 g/mol. The largest absolute Gasteiger partial charge is 0.396 e. The third kappa shape index (κ3) is 2.09. The van der Waals surface area contributed by atoms with Crippen LogP contribution in [-0.4, -0.2) is 5.91 Å². The van der Waals surface area contributed by atoms with Crippen molar-refractivity contribution < 1.29 is 9.18 Å². The molecule has 1 saturated carbocycles. The Morgan fingerprint density at radius 3 is 2.73 bits per heavy atom. The van der Waals surface area contributed by atoms with Gasteiger partial charge >= 0.3 is 0 Å². The maximum atomic E-state index is 13.1. The molecule has 0 atom stereocenters. The molecule has 0 heterocycles. The lowest BCUT2D eigenvalue weighted by Crippen LogP contribution is -2.28. The van der Waals surface area contributed by atoms with E-state index >= 15 is 0 Å². The van der Waals surface area contributed by atoms with E-state index in [-0.39, 0.29) is 17.5 Å². The van der Waals surface area contributed by atoms with Gasteiger partial charge in [0.05, 0.1) is 5.69 Å². The minimum absolute atomic E-state index is 0.0228. The number of nitrogens with two attached hydrogens (primary N) is 1. The molecule has 15 heavy (non-hydrogen) atoms. The number of nitrogen functional groups attached to an aromatic ring is 1. The molecule has 0 aliphatic heterocycles. The van der Waals surface area contributed by atoms with E-state index in [1.54, 1.807) is 6.07 Å². The maximum absolute atomic E-state index is 13.1. The van der Waals surface area contributed by atoms with Crippen LogP contribution in [-0.2, 0) is 4.79 Å². The number of hydrogen-bond acceptors (Lipinski definition) is 2. The van der Waals surface area contributed by atoms with E-state index in [0.29, 0.717) is 5.69 Å². The van der Waals surface area contributed by atoms with Crippen LogP contribution in [0.1, 0.15) is 19.3 Å². The Labute approximate surface area is 87.5 Å². The SMILES string of the molecule is Nc1ccc(NC(=O)C2CCC2)cc1F. The summed E-state index contributed by atoms with van der Waals surface area (Å²) in [6.07, 6.45) is 2.97. The van der Waals surface area contributed by atoms with E-state index in [2.05, 4.69) is 5.32 Å². The minimum Gasteiger partial charge on any atom is -0.396 e. The van der Waals surface area contributed by atoms with E-state index in [4.69, 9.17) is 5.73 Å². The van der Waals surface area contributed by atoms with Crippen molar-refractivity contribution in [2.45, 2.75) is 19.3 Å². The fraction of sp³-hybridized carbons (Fsp3) is 0.364. The molecule has 3 N–H and O–H groups in total. The third-order valence-electron chi connectivity index (χ3n) is 2.74. The average molecular weight is 208 g/mol. The Bertz CT molecular complexity index is 388. The molecule has 2 rings (SSSR count). The van der Waals surface area contributed by atoms with Crippen molar-refractivity contribution in [3.63, 3.8) is 0 Å². The number of rotatable bonds is 2. The molecule has 0 bridgehead atoms. The Morgan fingerprint density at radius 1 is 1.47 bits per heavy atom. The number of anilines is 2. The Hall–Kier alpha value is -1.58.